The van der Waals surface area contributed by atoms with Gasteiger partial charge in [-0.3, -0.25) is 4.79 Å². The Kier molecular flexibility index (Phi) is 5.21. The van der Waals surface area contributed by atoms with Gasteiger partial charge in [0.05, 0.1) is 17.8 Å². The average molecular weight is 395 g/mol. The van der Waals surface area contributed by atoms with Crippen molar-refractivity contribution in [2.45, 2.75) is 18.8 Å². The van der Waals surface area contributed by atoms with E-state index in [1.165, 1.54) is 0 Å². The molecule has 1 fully saturated rings. The molecule has 0 unspecified atom stereocenters. The normalized spacial score (nSPS) is 14.8. The Morgan fingerprint density at radius 2 is 1.96 bits per heavy atom. The van der Waals surface area contributed by atoms with Crippen LogP contribution in [0.15, 0.2) is 41.8 Å². The first-order valence-corrected chi connectivity index (χ1v) is 10.0. The zero-order valence-electron chi connectivity index (χ0n) is 15.5. The van der Waals surface area contributed by atoms with E-state index < -0.39 is 5.91 Å². The lowest BCUT2D eigenvalue weighted by molar-refractivity contribution is 0.0994. The number of nitrogens with two attached hydrogens (primary N) is 1. The molecule has 0 bridgehead atoms. The van der Waals surface area contributed by atoms with E-state index in [-0.39, 0.29) is 5.69 Å². The van der Waals surface area contributed by atoms with Gasteiger partial charge >= 0.3 is 0 Å². The number of piperidine rings is 1. The maximum Gasteiger partial charge on any atom is 0.269 e. The second kappa shape index (κ2) is 7.93. The SMILES string of the molecule is COc1ccccc1-c1csc(C2CCN(c3ccc(C(N)=O)nn3)CC2)n1. The van der Waals surface area contributed by atoms with Crippen molar-refractivity contribution >= 4 is 23.1 Å². The molecule has 0 atom stereocenters. The maximum absolute atomic E-state index is 11.1. The monoisotopic (exact) mass is 395 g/mol. The van der Waals surface area contributed by atoms with Crippen LogP contribution in [-0.4, -0.2) is 41.3 Å². The number of rotatable bonds is 5. The molecule has 0 radical (unpaired) electrons. The zero-order chi connectivity index (χ0) is 19.5. The number of carbonyl (C=O) groups is 1. The van der Waals surface area contributed by atoms with Crippen molar-refractivity contribution in [3.8, 4) is 17.0 Å². The third-order valence-corrected chi connectivity index (χ3v) is 5.98. The minimum atomic E-state index is -0.563. The van der Waals surface area contributed by atoms with Gasteiger partial charge in [0.1, 0.15) is 5.75 Å². The van der Waals surface area contributed by atoms with Gasteiger partial charge in [-0.25, -0.2) is 4.98 Å². The lowest BCUT2D eigenvalue weighted by Crippen LogP contribution is -2.33. The third kappa shape index (κ3) is 3.68. The number of ether oxygens (including phenoxy) is 1. The summed E-state index contributed by atoms with van der Waals surface area (Å²) >= 11 is 1.71. The van der Waals surface area contributed by atoms with Gasteiger partial charge in [0, 0.05) is 30.0 Å². The number of methoxy groups -OCH3 is 1. The molecule has 1 aromatic carbocycles. The van der Waals surface area contributed by atoms with Gasteiger partial charge < -0.3 is 15.4 Å². The summed E-state index contributed by atoms with van der Waals surface area (Å²) in [6, 6.07) is 11.4. The Morgan fingerprint density at radius 3 is 2.64 bits per heavy atom. The van der Waals surface area contributed by atoms with E-state index in [1.807, 2.05) is 24.3 Å². The number of para-hydroxylation sites is 1. The minimum absolute atomic E-state index is 0.185. The molecule has 3 aromatic rings. The standard InChI is InChI=1S/C20H21N5O2S/c1-27-17-5-3-2-4-14(17)16-12-28-20(22-16)13-8-10-25(11-9-13)18-7-6-15(19(21)26)23-24-18/h2-7,12-13H,8-11H2,1H3,(H2,21,26). The van der Waals surface area contributed by atoms with E-state index in [0.717, 1.165) is 53.8 Å². The summed E-state index contributed by atoms with van der Waals surface area (Å²) in [5, 5.41) is 11.3. The quantitative estimate of drug-likeness (QED) is 0.713. The molecule has 2 aromatic heterocycles. The van der Waals surface area contributed by atoms with Crippen LogP contribution in [0.3, 0.4) is 0 Å². The fourth-order valence-corrected chi connectivity index (χ4v) is 4.43. The molecule has 28 heavy (non-hydrogen) atoms. The van der Waals surface area contributed by atoms with Gasteiger partial charge in [-0.2, -0.15) is 0 Å². The van der Waals surface area contributed by atoms with Crippen molar-refractivity contribution < 1.29 is 9.53 Å². The number of thiazole rings is 1. The van der Waals surface area contributed by atoms with Crippen molar-refractivity contribution in [1.29, 1.82) is 0 Å². The molecule has 7 nitrogen and oxygen atoms in total. The molecule has 3 heterocycles. The Balaban J connectivity index is 1.43. The first kappa shape index (κ1) is 18.4. The van der Waals surface area contributed by atoms with E-state index in [9.17, 15) is 4.79 Å². The van der Waals surface area contributed by atoms with Crippen molar-refractivity contribution in [3.05, 3.63) is 52.5 Å². The van der Waals surface area contributed by atoms with Crippen LogP contribution in [0.1, 0.15) is 34.3 Å². The second-order valence-corrected chi connectivity index (χ2v) is 7.56. The van der Waals surface area contributed by atoms with Gasteiger partial charge in [0.2, 0.25) is 0 Å². The molecule has 4 rings (SSSR count). The molecule has 1 aliphatic rings. The minimum Gasteiger partial charge on any atom is -0.496 e. The van der Waals surface area contributed by atoms with Gasteiger partial charge in [-0.05, 0) is 37.1 Å². The summed E-state index contributed by atoms with van der Waals surface area (Å²) < 4.78 is 5.46. The number of benzene rings is 1. The molecule has 144 valence electrons. The molecule has 0 aliphatic carbocycles. The van der Waals surface area contributed by atoms with Crippen LogP contribution in [0, 0.1) is 0 Å². The van der Waals surface area contributed by atoms with Gasteiger partial charge in [-0.1, -0.05) is 12.1 Å². The molecule has 0 spiro atoms. The third-order valence-electron chi connectivity index (χ3n) is 4.98. The number of nitrogens with zero attached hydrogens (tertiary/aromatic N) is 4. The summed E-state index contributed by atoms with van der Waals surface area (Å²) in [5.74, 6) is 1.49. The van der Waals surface area contributed by atoms with Gasteiger partial charge in [0.15, 0.2) is 11.5 Å². The van der Waals surface area contributed by atoms with Crippen LogP contribution in [0.4, 0.5) is 5.82 Å². The smallest absolute Gasteiger partial charge is 0.269 e. The molecule has 1 saturated heterocycles. The van der Waals surface area contributed by atoms with E-state index in [0.29, 0.717) is 5.92 Å². The van der Waals surface area contributed by atoms with Crippen molar-refractivity contribution in [1.82, 2.24) is 15.2 Å². The molecule has 1 aliphatic heterocycles. The Labute approximate surface area is 167 Å². The van der Waals surface area contributed by atoms with Crippen molar-refractivity contribution in [2.24, 2.45) is 5.73 Å². The summed E-state index contributed by atoms with van der Waals surface area (Å²) in [4.78, 5) is 18.2. The number of aromatic nitrogens is 3. The molecular weight excluding hydrogens is 374 g/mol. The fraction of sp³-hybridized carbons (Fsp3) is 0.300. The zero-order valence-corrected chi connectivity index (χ0v) is 16.4. The number of hydrogen-bond donors (Lipinski definition) is 1. The summed E-state index contributed by atoms with van der Waals surface area (Å²) in [7, 11) is 1.68. The Hall–Kier alpha value is -3.00. The first-order chi connectivity index (χ1) is 13.7. The second-order valence-electron chi connectivity index (χ2n) is 6.67. The maximum atomic E-state index is 11.1. The lowest BCUT2D eigenvalue weighted by Gasteiger charge is -2.31. The topological polar surface area (TPSA) is 94.2 Å². The highest BCUT2D eigenvalue weighted by molar-refractivity contribution is 7.10. The van der Waals surface area contributed by atoms with Crippen LogP contribution >= 0.6 is 11.3 Å². The van der Waals surface area contributed by atoms with Crippen LogP contribution in [0.25, 0.3) is 11.3 Å². The molecule has 0 saturated carbocycles. The molecule has 2 N–H and O–H groups in total. The summed E-state index contributed by atoms with van der Waals surface area (Å²) in [5.41, 5.74) is 7.39. The Bertz CT molecular complexity index is 965. The van der Waals surface area contributed by atoms with Crippen LogP contribution in [0.2, 0.25) is 0 Å². The van der Waals surface area contributed by atoms with Crippen LogP contribution in [0.5, 0.6) is 5.75 Å². The van der Waals surface area contributed by atoms with Gasteiger partial charge in [-0.15, -0.1) is 21.5 Å². The highest BCUT2D eigenvalue weighted by Gasteiger charge is 2.24. The fourth-order valence-electron chi connectivity index (χ4n) is 3.44. The first-order valence-electron chi connectivity index (χ1n) is 9.13. The number of carbonyl (C=O) groups excluding carboxylic acids is 1. The molecule has 1 amide bonds. The average Bonchev–Trinajstić information content (AvgIpc) is 3.24. The van der Waals surface area contributed by atoms with E-state index in [2.05, 4.69) is 20.5 Å². The van der Waals surface area contributed by atoms with Crippen molar-refractivity contribution in [3.63, 3.8) is 0 Å². The summed E-state index contributed by atoms with van der Waals surface area (Å²) in [6.45, 7) is 1.75. The van der Waals surface area contributed by atoms with Crippen molar-refractivity contribution in [2.75, 3.05) is 25.1 Å². The Morgan fingerprint density at radius 1 is 1.18 bits per heavy atom. The van der Waals surface area contributed by atoms with E-state index >= 15 is 0 Å². The molecular formula is C20H21N5O2S. The lowest BCUT2D eigenvalue weighted by atomic mass is 9.97. The highest BCUT2D eigenvalue weighted by Crippen LogP contribution is 2.36. The highest BCUT2D eigenvalue weighted by atomic mass is 32.1. The molecule has 8 heteroatoms. The predicted octanol–water partition coefficient (Wildman–Crippen LogP) is 3.09. The number of primary amides is 1. The summed E-state index contributed by atoms with van der Waals surface area (Å²) in [6.07, 6.45) is 2.00. The van der Waals surface area contributed by atoms with Gasteiger partial charge in [0.25, 0.3) is 5.91 Å². The van der Waals surface area contributed by atoms with Crippen LogP contribution in [-0.2, 0) is 0 Å². The largest absolute Gasteiger partial charge is 0.496 e. The predicted molar refractivity (Wildman–Crippen MR) is 109 cm³/mol. The van der Waals surface area contributed by atoms with E-state index in [4.69, 9.17) is 15.5 Å². The van der Waals surface area contributed by atoms with E-state index in [1.54, 1.807) is 30.6 Å². The number of amides is 1. The van der Waals surface area contributed by atoms with Crippen LogP contribution < -0.4 is 15.4 Å². The number of anilines is 1. The number of hydrogen-bond acceptors (Lipinski definition) is 7.